The van der Waals surface area contributed by atoms with Gasteiger partial charge in [0.2, 0.25) is 0 Å². The smallest absolute Gasteiger partial charge is 0.336 e. The lowest BCUT2D eigenvalue weighted by atomic mass is 10.2. The van der Waals surface area contributed by atoms with Crippen molar-refractivity contribution >= 4 is 23.9 Å². The number of para-hydroxylation sites is 2. The fourth-order valence-corrected chi connectivity index (χ4v) is 3.30. The number of carbonyl (C=O) groups is 4. The number of esters is 4. The van der Waals surface area contributed by atoms with Crippen LogP contribution in [0.15, 0.2) is 85.0 Å². The van der Waals surface area contributed by atoms with Crippen LogP contribution in [0.1, 0.15) is 6.42 Å². The van der Waals surface area contributed by atoms with E-state index in [9.17, 15) is 19.2 Å². The third-order valence-electron chi connectivity index (χ3n) is 5.20. The number of rotatable bonds is 12. The molecular formula is C28H29NO9. The van der Waals surface area contributed by atoms with E-state index in [0.717, 1.165) is 37.4 Å². The summed E-state index contributed by atoms with van der Waals surface area (Å²) in [5.74, 6) is -2.39. The summed E-state index contributed by atoms with van der Waals surface area (Å²) in [7, 11) is 0. The van der Waals surface area contributed by atoms with Crippen molar-refractivity contribution in [1.82, 2.24) is 4.90 Å². The summed E-state index contributed by atoms with van der Waals surface area (Å²) in [4.78, 5) is 50.4. The van der Waals surface area contributed by atoms with Gasteiger partial charge in [0.05, 0.1) is 13.2 Å². The first-order valence-electron chi connectivity index (χ1n) is 12.1. The average molecular weight is 524 g/mol. The van der Waals surface area contributed by atoms with Gasteiger partial charge >= 0.3 is 23.9 Å². The Bertz CT molecular complexity index is 1110. The van der Waals surface area contributed by atoms with Crippen molar-refractivity contribution in [1.29, 1.82) is 0 Å². The highest BCUT2D eigenvalue weighted by Crippen LogP contribution is 2.10. The molecule has 1 fully saturated rings. The number of morpholine rings is 1. The Morgan fingerprint density at radius 2 is 1.24 bits per heavy atom. The zero-order valence-electron chi connectivity index (χ0n) is 20.7. The molecule has 0 radical (unpaired) electrons. The first kappa shape index (κ1) is 28.3. The second kappa shape index (κ2) is 15.7. The van der Waals surface area contributed by atoms with Crippen LogP contribution < -0.4 is 9.47 Å². The molecular weight excluding hydrogens is 494 g/mol. The van der Waals surface area contributed by atoms with Gasteiger partial charge < -0.3 is 23.7 Å². The van der Waals surface area contributed by atoms with Gasteiger partial charge in [0.25, 0.3) is 0 Å². The van der Waals surface area contributed by atoms with E-state index in [4.69, 9.17) is 23.7 Å². The summed E-state index contributed by atoms with van der Waals surface area (Å²) in [6, 6.07) is 16.8. The molecule has 3 rings (SSSR count). The van der Waals surface area contributed by atoms with Crippen LogP contribution in [0, 0.1) is 0 Å². The molecule has 10 heteroatoms. The Morgan fingerprint density at radius 1 is 0.737 bits per heavy atom. The first-order chi connectivity index (χ1) is 18.5. The molecule has 0 bridgehead atoms. The van der Waals surface area contributed by atoms with Crippen molar-refractivity contribution in [3.05, 3.63) is 85.0 Å². The average Bonchev–Trinajstić information content (AvgIpc) is 2.94. The Kier molecular flexibility index (Phi) is 11.7. The van der Waals surface area contributed by atoms with Crippen LogP contribution in [-0.2, 0) is 33.4 Å². The van der Waals surface area contributed by atoms with Crippen molar-refractivity contribution in [3.8, 4) is 11.5 Å². The quantitative estimate of drug-likeness (QED) is 0.233. The fraction of sp³-hybridized carbons (Fsp3) is 0.286. The van der Waals surface area contributed by atoms with Crippen molar-refractivity contribution in [2.75, 3.05) is 39.5 Å². The lowest BCUT2D eigenvalue weighted by Gasteiger charge is -2.28. The zero-order chi connectivity index (χ0) is 27.0. The van der Waals surface area contributed by atoms with Gasteiger partial charge in [-0.25, -0.2) is 19.2 Å². The minimum Gasteiger partial charge on any atom is -0.459 e. The summed E-state index contributed by atoms with van der Waals surface area (Å²) < 4.78 is 26.1. The zero-order valence-corrected chi connectivity index (χ0v) is 20.7. The maximum absolute atomic E-state index is 12.3. The molecule has 1 unspecified atom stereocenters. The highest BCUT2D eigenvalue weighted by Gasteiger charge is 2.19. The SMILES string of the molecule is O=C(/C=C/C(=O)Oc1ccccc1)OCC(CCN1CCOCC1)OC(=O)/C=C/C(=O)Oc1ccccc1. The van der Waals surface area contributed by atoms with E-state index >= 15 is 0 Å². The molecule has 0 N–H and O–H groups in total. The molecule has 2 aromatic carbocycles. The number of hydrogen-bond acceptors (Lipinski definition) is 10. The first-order valence-corrected chi connectivity index (χ1v) is 12.1. The van der Waals surface area contributed by atoms with Gasteiger partial charge in [-0.3, -0.25) is 4.90 Å². The Labute approximate surface area is 220 Å². The van der Waals surface area contributed by atoms with E-state index < -0.39 is 30.0 Å². The van der Waals surface area contributed by atoms with Gasteiger partial charge in [0, 0.05) is 50.4 Å². The second-order valence-corrected chi connectivity index (χ2v) is 8.07. The molecule has 1 atom stereocenters. The molecule has 1 aliphatic heterocycles. The minimum atomic E-state index is -0.801. The van der Waals surface area contributed by atoms with E-state index in [1.165, 1.54) is 0 Å². The maximum atomic E-state index is 12.3. The fourth-order valence-electron chi connectivity index (χ4n) is 3.30. The van der Waals surface area contributed by atoms with Crippen LogP contribution in [0.4, 0.5) is 0 Å². The van der Waals surface area contributed by atoms with Crippen molar-refractivity contribution in [2.24, 2.45) is 0 Å². The number of nitrogens with zero attached hydrogens (tertiary/aromatic N) is 1. The van der Waals surface area contributed by atoms with Gasteiger partial charge in [-0.1, -0.05) is 36.4 Å². The lowest BCUT2D eigenvalue weighted by molar-refractivity contribution is -0.153. The van der Waals surface area contributed by atoms with Gasteiger partial charge in [0.1, 0.15) is 24.2 Å². The Balaban J connectivity index is 1.49. The normalized spacial score (nSPS) is 14.6. The summed E-state index contributed by atoms with van der Waals surface area (Å²) in [6.45, 7) is 3.02. The predicted molar refractivity (Wildman–Crippen MR) is 135 cm³/mol. The minimum absolute atomic E-state index is 0.241. The van der Waals surface area contributed by atoms with E-state index in [1.54, 1.807) is 60.7 Å². The summed E-state index contributed by atoms with van der Waals surface area (Å²) in [6.07, 6.45) is 3.39. The highest BCUT2D eigenvalue weighted by atomic mass is 16.6. The number of ether oxygens (including phenoxy) is 5. The largest absolute Gasteiger partial charge is 0.459 e. The Morgan fingerprint density at radius 3 is 1.79 bits per heavy atom. The topological polar surface area (TPSA) is 118 Å². The maximum Gasteiger partial charge on any atom is 0.336 e. The molecule has 2 aromatic rings. The molecule has 10 nitrogen and oxygen atoms in total. The van der Waals surface area contributed by atoms with E-state index in [2.05, 4.69) is 4.90 Å². The van der Waals surface area contributed by atoms with Crippen LogP contribution in [0.2, 0.25) is 0 Å². The van der Waals surface area contributed by atoms with Crippen LogP contribution in [-0.4, -0.2) is 74.3 Å². The van der Waals surface area contributed by atoms with Crippen molar-refractivity contribution in [3.63, 3.8) is 0 Å². The highest BCUT2D eigenvalue weighted by molar-refractivity contribution is 5.93. The van der Waals surface area contributed by atoms with Crippen LogP contribution in [0.5, 0.6) is 11.5 Å². The summed E-state index contributed by atoms with van der Waals surface area (Å²) >= 11 is 0. The molecule has 0 spiro atoms. The van der Waals surface area contributed by atoms with E-state index in [0.29, 0.717) is 37.7 Å². The number of benzene rings is 2. The van der Waals surface area contributed by atoms with E-state index in [1.807, 2.05) is 0 Å². The summed E-state index contributed by atoms with van der Waals surface area (Å²) in [5.41, 5.74) is 0. The third kappa shape index (κ3) is 11.2. The summed E-state index contributed by atoms with van der Waals surface area (Å²) in [5, 5.41) is 0. The van der Waals surface area contributed by atoms with Crippen molar-refractivity contribution < 1.29 is 42.9 Å². The van der Waals surface area contributed by atoms with Gasteiger partial charge in [-0.15, -0.1) is 0 Å². The van der Waals surface area contributed by atoms with E-state index in [-0.39, 0.29) is 6.61 Å². The lowest BCUT2D eigenvalue weighted by Crippen LogP contribution is -2.39. The van der Waals surface area contributed by atoms with Gasteiger partial charge in [-0.2, -0.15) is 0 Å². The molecule has 1 saturated heterocycles. The number of hydrogen-bond donors (Lipinski definition) is 0. The third-order valence-corrected chi connectivity index (χ3v) is 5.20. The predicted octanol–water partition coefficient (Wildman–Crippen LogP) is 2.49. The molecule has 0 saturated carbocycles. The molecule has 200 valence electrons. The van der Waals surface area contributed by atoms with Gasteiger partial charge in [0.15, 0.2) is 0 Å². The monoisotopic (exact) mass is 523 g/mol. The molecule has 38 heavy (non-hydrogen) atoms. The molecule has 0 aromatic heterocycles. The number of carbonyl (C=O) groups excluding carboxylic acids is 4. The molecule has 1 heterocycles. The molecule has 0 amide bonds. The second-order valence-electron chi connectivity index (χ2n) is 8.07. The van der Waals surface area contributed by atoms with Crippen molar-refractivity contribution in [2.45, 2.75) is 12.5 Å². The van der Waals surface area contributed by atoms with Crippen LogP contribution >= 0.6 is 0 Å². The van der Waals surface area contributed by atoms with Crippen LogP contribution in [0.25, 0.3) is 0 Å². The van der Waals surface area contributed by atoms with Crippen LogP contribution in [0.3, 0.4) is 0 Å². The standard InChI is InChI=1S/C28H29NO9/c30-25(11-12-26(31)36-22-7-3-1-4-8-22)35-21-24(15-16-29-17-19-34-20-18-29)38-28(33)14-13-27(32)37-23-9-5-2-6-10-23/h1-14,24H,15-21H2/b12-11+,14-13+. The Hall–Kier alpha value is -4.28. The van der Waals surface area contributed by atoms with Gasteiger partial charge in [-0.05, 0) is 24.3 Å². The molecule has 1 aliphatic rings. The molecule has 0 aliphatic carbocycles.